The van der Waals surface area contributed by atoms with Gasteiger partial charge in [0.05, 0.1) is 5.02 Å². The summed E-state index contributed by atoms with van der Waals surface area (Å²) in [5.74, 6) is -0.847. The number of aromatic nitrogens is 5. The number of anilines is 2. The number of oxazole rings is 1. The lowest BCUT2D eigenvalue weighted by Gasteiger charge is -2.26. The van der Waals surface area contributed by atoms with E-state index in [-0.39, 0.29) is 17.9 Å². The van der Waals surface area contributed by atoms with Crippen molar-refractivity contribution in [2.75, 3.05) is 10.6 Å². The van der Waals surface area contributed by atoms with Gasteiger partial charge < -0.3 is 4.42 Å². The quantitative estimate of drug-likeness (QED) is 0.468. The van der Waals surface area contributed by atoms with Gasteiger partial charge in [-0.25, -0.2) is 9.98 Å². The number of fused-ring (bicyclic) bond motifs is 1. The Morgan fingerprint density at radius 2 is 2.16 bits per heavy atom. The zero-order chi connectivity index (χ0) is 22.2. The van der Waals surface area contributed by atoms with Crippen LogP contribution in [0, 0.1) is 5.92 Å². The van der Waals surface area contributed by atoms with Crippen LogP contribution in [0.5, 0.6) is 0 Å². The molecule has 1 aliphatic rings. The van der Waals surface area contributed by atoms with Gasteiger partial charge in [0.1, 0.15) is 28.7 Å². The maximum absolute atomic E-state index is 13.1. The van der Waals surface area contributed by atoms with Gasteiger partial charge in [-0.15, -0.1) is 10.2 Å². The van der Waals surface area contributed by atoms with E-state index in [0.29, 0.717) is 32.7 Å². The number of guanidine groups is 1. The van der Waals surface area contributed by atoms with Gasteiger partial charge in [0.25, 0.3) is 0 Å². The third-order valence-corrected chi connectivity index (χ3v) is 5.68. The average Bonchev–Trinajstić information content (AvgIpc) is 3.47. The van der Waals surface area contributed by atoms with E-state index in [0.717, 1.165) is 0 Å². The fourth-order valence-corrected chi connectivity index (χ4v) is 4.16. The van der Waals surface area contributed by atoms with Crippen LogP contribution in [-0.4, -0.2) is 42.5 Å². The lowest BCUT2D eigenvalue weighted by Crippen LogP contribution is -2.37. The third-order valence-electron chi connectivity index (χ3n) is 4.79. The number of carbonyl (C=O) groups excluding carboxylic acids is 1. The second-order valence-electron chi connectivity index (χ2n) is 7.01. The van der Waals surface area contributed by atoms with Crippen LogP contribution in [0.3, 0.4) is 0 Å². The summed E-state index contributed by atoms with van der Waals surface area (Å²) >= 11 is 7.62. The Bertz CT molecular complexity index is 1330. The predicted octanol–water partition coefficient (Wildman–Crippen LogP) is 3.30. The molecule has 2 atom stereocenters. The van der Waals surface area contributed by atoms with Crippen molar-refractivity contribution in [3.8, 4) is 0 Å². The minimum Gasteiger partial charge on any atom is -0.423 e. The van der Waals surface area contributed by atoms with Gasteiger partial charge in [0, 0.05) is 19.0 Å². The van der Waals surface area contributed by atoms with Crippen LogP contribution in [0.25, 0.3) is 11.1 Å². The van der Waals surface area contributed by atoms with Crippen molar-refractivity contribution >= 4 is 62.8 Å². The summed E-state index contributed by atoms with van der Waals surface area (Å²) in [5, 5.41) is 18.6. The number of aryl methyl sites for hydroxylation is 1. The molecule has 11 nitrogen and oxygen atoms in total. The first-order chi connectivity index (χ1) is 15.5. The molecule has 13 heteroatoms. The monoisotopic (exact) mass is 469 g/mol. The molecule has 0 bridgehead atoms. The number of amides is 1. The second kappa shape index (κ2) is 8.13. The summed E-state index contributed by atoms with van der Waals surface area (Å²) in [6.45, 7) is 1.75. The van der Waals surface area contributed by atoms with Gasteiger partial charge in [0.2, 0.25) is 17.0 Å². The molecule has 1 aliphatic heterocycles. The highest BCUT2D eigenvalue weighted by molar-refractivity contribution is 7.13. The molecule has 0 radical (unpaired) electrons. The highest BCUT2D eigenvalue weighted by atomic mass is 35.5. The van der Waals surface area contributed by atoms with Gasteiger partial charge in [-0.3, -0.25) is 20.1 Å². The summed E-state index contributed by atoms with van der Waals surface area (Å²) in [6.07, 6.45) is 1.65. The molecule has 0 saturated carbocycles. The Labute approximate surface area is 190 Å². The van der Waals surface area contributed by atoms with Gasteiger partial charge in [-0.2, -0.15) is 10.1 Å². The van der Waals surface area contributed by atoms with Crippen LogP contribution in [0.15, 0.2) is 50.4 Å². The molecule has 0 aliphatic carbocycles. The zero-order valence-corrected chi connectivity index (χ0v) is 18.4. The highest BCUT2D eigenvalue weighted by Gasteiger charge is 2.38. The Morgan fingerprint density at radius 3 is 2.88 bits per heavy atom. The van der Waals surface area contributed by atoms with E-state index in [1.54, 1.807) is 24.9 Å². The molecule has 3 aromatic heterocycles. The van der Waals surface area contributed by atoms with Crippen LogP contribution in [0.4, 0.5) is 11.1 Å². The normalized spacial score (nSPS) is 18.3. The summed E-state index contributed by atoms with van der Waals surface area (Å²) in [4.78, 5) is 26.6. The molecular weight excluding hydrogens is 454 g/mol. The van der Waals surface area contributed by atoms with Crippen LogP contribution in [0.1, 0.15) is 18.7 Å². The van der Waals surface area contributed by atoms with Crippen LogP contribution in [-0.2, 0) is 11.8 Å². The molecule has 2 N–H and O–H groups in total. The molecule has 1 aromatic carbocycles. The Hall–Kier alpha value is -3.64. The topological polar surface area (TPSA) is 135 Å². The number of benzene rings is 1. The molecule has 162 valence electrons. The number of nitrogens with one attached hydrogen (secondary N) is 2. The van der Waals surface area contributed by atoms with Gasteiger partial charge in [-0.1, -0.05) is 35.1 Å². The van der Waals surface area contributed by atoms with E-state index < -0.39 is 12.0 Å². The van der Waals surface area contributed by atoms with E-state index in [1.807, 2.05) is 24.3 Å². The van der Waals surface area contributed by atoms with Crippen molar-refractivity contribution in [2.24, 2.45) is 23.0 Å². The Morgan fingerprint density at radius 1 is 1.31 bits per heavy atom. The highest BCUT2D eigenvalue weighted by Crippen LogP contribution is 2.35. The minimum absolute atomic E-state index is 0.237. The molecule has 0 spiro atoms. The Kier molecular flexibility index (Phi) is 5.15. The molecule has 0 fully saturated rings. The number of aliphatic imine (C=N–C) groups is 2. The SMILES string of the molecule is CC1=NC(Nc2nc3ccccc3o2)=NC(c2nn(C)cc2Cl)C1C(=O)Nc1nncs1. The first kappa shape index (κ1) is 20.3. The van der Waals surface area contributed by atoms with Crippen molar-refractivity contribution < 1.29 is 9.21 Å². The molecular formula is C19H16ClN9O2S. The number of halogens is 1. The molecule has 2 unspecified atom stereocenters. The summed E-state index contributed by atoms with van der Waals surface area (Å²) in [5.41, 5.74) is 3.84. The smallest absolute Gasteiger partial charge is 0.302 e. The van der Waals surface area contributed by atoms with Gasteiger partial charge in [-0.05, 0) is 19.1 Å². The summed E-state index contributed by atoms with van der Waals surface area (Å²) in [6, 6.07) is 6.90. The lowest BCUT2D eigenvalue weighted by molar-refractivity contribution is -0.118. The average molecular weight is 470 g/mol. The van der Waals surface area contributed by atoms with Gasteiger partial charge in [0.15, 0.2) is 5.58 Å². The number of para-hydroxylation sites is 2. The molecule has 4 aromatic rings. The number of nitrogens with zero attached hydrogens (tertiary/aromatic N) is 7. The second-order valence-corrected chi connectivity index (χ2v) is 8.25. The van der Waals surface area contributed by atoms with E-state index in [2.05, 4.69) is 40.9 Å². The molecule has 32 heavy (non-hydrogen) atoms. The van der Waals surface area contributed by atoms with E-state index in [1.165, 1.54) is 16.8 Å². The number of rotatable bonds is 4. The van der Waals surface area contributed by atoms with Crippen molar-refractivity contribution in [3.05, 3.63) is 46.7 Å². The van der Waals surface area contributed by atoms with E-state index in [4.69, 9.17) is 16.0 Å². The first-order valence-corrected chi connectivity index (χ1v) is 10.8. The summed E-state index contributed by atoms with van der Waals surface area (Å²) in [7, 11) is 1.75. The molecule has 4 heterocycles. The van der Waals surface area contributed by atoms with E-state index >= 15 is 0 Å². The predicted molar refractivity (Wildman–Crippen MR) is 121 cm³/mol. The number of hydrogen-bond donors (Lipinski definition) is 2. The van der Waals surface area contributed by atoms with Crippen LogP contribution >= 0.6 is 22.9 Å². The Balaban J connectivity index is 1.50. The van der Waals surface area contributed by atoms with Crippen molar-refractivity contribution in [2.45, 2.75) is 13.0 Å². The fourth-order valence-electron chi connectivity index (χ4n) is 3.42. The van der Waals surface area contributed by atoms with E-state index in [9.17, 15) is 4.79 Å². The van der Waals surface area contributed by atoms with Gasteiger partial charge >= 0.3 is 6.01 Å². The largest absolute Gasteiger partial charge is 0.423 e. The molecule has 5 rings (SSSR count). The molecule has 0 saturated heterocycles. The first-order valence-electron chi connectivity index (χ1n) is 9.49. The number of carbonyl (C=O) groups is 1. The fraction of sp³-hybridized carbons (Fsp3) is 0.211. The van der Waals surface area contributed by atoms with Crippen molar-refractivity contribution in [1.29, 1.82) is 0 Å². The van der Waals surface area contributed by atoms with Crippen molar-refractivity contribution in [1.82, 2.24) is 25.0 Å². The minimum atomic E-state index is -0.750. The number of hydrogen-bond acceptors (Lipinski definition) is 10. The lowest BCUT2D eigenvalue weighted by atomic mass is 9.91. The molecule has 1 amide bonds. The summed E-state index contributed by atoms with van der Waals surface area (Å²) < 4.78 is 7.28. The standard InChI is InChI=1S/C19H16ClN9O2S/c1-9-13(16(30)25-19-27-21-8-32-19)15(14-10(20)7-29(2)28-14)24-17(22-9)26-18-23-11-5-3-4-6-12(11)31-18/h3-8,13,15H,1-2H3,(H,23,24,26)(H,25,27,30). The third kappa shape index (κ3) is 3.85. The maximum Gasteiger partial charge on any atom is 0.302 e. The van der Waals surface area contributed by atoms with Crippen LogP contribution in [0.2, 0.25) is 5.02 Å². The van der Waals surface area contributed by atoms with Crippen molar-refractivity contribution in [3.63, 3.8) is 0 Å². The zero-order valence-electron chi connectivity index (χ0n) is 16.9. The van der Waals surface area contributed by atoms with Crippen LogP contribution < -0.4 is 10.6 Å². The maximum atomic E-state index is 13.1.